The Bertz CT molecular complexity index is 1000. The number of carbonyl (C=O) groups is 2. The van der Waals surface area contributed by atoms with E-state index in [1.165, 1.54) is 0 Å². The quantitative estimate of drug-likeness (QED) is 0.628. The summed E-state index contributed by atoms with van der Waals surface area (Å²) in [6, 6.07) is 15.4. The first-order chi connectivity index (χ1) is 12.6. The van der Waals surface area contributed by atoms with Gasteiger partial charge >= 0.3 is 0 Å². The normalized spacial score (nSPS) is 18.6. The van der Waals surface area contributed by atoms with Crippen molar-refractivity contribution in [3.8, 4) is 0 Å². The molecule has 0 saturated carbocycles. The number of hydrogen-bond acceptors (Lipinski definition) is 5. The Morgan fingerprint density at radius 2 is 1.54 bits per heavy atom. The fourth-order valence-electron chi connectivity index (χ4n) is 3.28. The van der Waals surface area contributed by atoms with Crippen LogP contribution in [0, 0.1) is 16.0 Å². The Labute approximate surface area is 148 Å². The third-order valence-corrected chi connectivity index (χ3v) is 4.45. The Balaban J connectivity index is 1.85. The topological polar surface area (TPSA) is 86.5 Å². The zero-order chi connectivity index (χ0) is 18.3. The summed E-state index contributed by atoms with van der Waals surface area (Å²) in [5.74, 6) is -1.41. The smallest absolute Gasteiger partial charge is 0.229 e. The molecule has 0 radical (unpaired) electrons. The molecule has 2 aliphatic rings. The minimum absolute atomic E-state index is 0.0603. The molecule has 0 spiro atoms. The number of nitro groups is 1. The molecule has 0 aromatic heterocycles. The van der Waals surface area contributed by atoms with Crippen molar-refractivity contribution < 1.29 is 19.2 Å². The van der Waals surface area contributed by atoms with Crippen LogP contribution < -0.4 is 0 Å². The van der Waals surface area contributed by atoms with E-state index in [1.54, 1.807) is 54.6 Å². The van der Waals surface area contributed by atoms with Gasteiger partial charge in [0.05, 0.1) is 11.5 Å². The van der Waals surface area contributed by atoms with Crippen molar-refractivity contribution >= 4 is 17.3 Å². The van der Waals surface area contributed by atoms with E-state index < -0.39 is 29.0 Å². The Morgan fingerprint density at radius 1 is 0.923 bits per heavy atom. The number of Topliss-reactive ketones (excluding diaryl/α,β-unsaturated/α-hetero) is 2. The van der Waals surface area contributed by atoms with E-state index in [4.69, 9.17) is 4.74 Å². The molecule has 1 heterocycles. The maximum Gasteiger partial charge on any atom is 0.229 e. The fraction of sp³-hybridized carbons (Fsp3) is 0.100. The van der Waals surface area contributed by atoms with E-state index in [9.17, 15) is 19.7 Å². The predicted molar refractivity (Wildman–Crippen MR) is 93.0 cm³/mol. The first kappa shape index (κ1) is 16.0. The van der Waals surface area contributed by atoms with Crippen molar-refractivity contribution in [2.75, 3.05) is 6.54 Å². The molecule has 0 bridgehead atoms. The second-order valence-corrected chi connectivity index (χ2v) is 6.07. The first-order valence-corrected chi connectivity index (χ1v) is 8.05. The number of rotatable bonds is 3. The van der Waals surface area contributed by atoms with Crippen LogP contribution in [-0.4, -0.2) is 23.0 Å². The maximum atomic E-state index is 12.9. The Kier molecular flexibility index (Phi) is 3.73. The van der Waals surface area contributed by atoms with Gasteiger partial charge in [-0.15, -0.1) is 0 Å². The maximum absolute atomic E-state index is 12.9. The minimum atomic E-state index is -0.825. The highest BCUT2D eigenvalue weighted by Gasteiger charge is 2.41. The van der Waals surface area contributed by atoms with Gasteiger partial charge in [-0.1, -0.05) is 54.6 Å². The van der Waals surface area contributed by atoms with E-state index in [-0.39, 0.29) is 22.5 Å². The number of ketones is 2. The van der Waals surface area contributed by atoms with Crippen molar-refractivity contribution in [3.63, 3.8) is 0 Å². The lowest BCUT2D eigenvalue weighted by molar-refractivity contribution is -0.484. The van der Waals surface area contributed by atoms with Crippen molar-refractivity contribution in [1.82, 2.24) is 0 Å². The van der Waals surface area contributed by atoms with Crippen LogP contribution in [0.4, 0.5) is 0 Å². The number of hydrogen-bond donors (Lipinski definition) is 0. The van der Waals surface area contributed by atoms with E-state index in [1.807, 2.05) is 6.07 Å². The van der Waals surface area contributed by atoms with Crippen LogP contribution in [0.3, 0.4) is 0 Å². The Morgan fingerprint density at radius 3 is 2.19 bits per heavy atom. The molecule has 6 heteroatoms. The molecule has 26 heavy (non-hydrogen) atoms. The highest BCUT2D eigenvalue weighted by Crippen LogP contribution is 2.39. The molecule has 128 valence electrons. The van der Waals surface area contributed by atoms with Gasteiger partial charge in [0, 0.05) is 21.6 Å². The molecule has 2 aromatic carbocycles. The van der Waals surface area contributed by atoms with Crippen LogP contribution in [0.2, 0.25) is 0 Å². The molecule has 0 saturated heterocycles. The number of nitrogens with zero attached hydrogens (tertiary/aromatic N) is 1. The molecular formula is C20H13NO5. The molecular weight excluding hydrogens is 334 g/mol. The van der Waals surface area contributed by atoms with Gasteiger partial charge < -0.3 is 4.74 Å². The highest BCUT2D eigenvalue weighted by molar-refractivity contribution is 6.27. The predicted octanol–water partition coefficient (Wildman–Crippen LogP) is 3.28. The SMILES string of the molecule is O=C1C2=C(C(=O)c3ccccc31)[C@H](C[N+](=O)[O-])C=C(c1ccccc1)O2. The van der Waals surface area contributed by atoms with E-state index in [0.29, 0.717) is 11.3 Å². The standard InChI is InChI=1S/C20H13NO5/c22-18-14-8-4-5-9-15(14)19(23)20-17(18)13(11-21(24)25)10-16(26-20)12-6-2-1-3-7-12/h1-10,13H,11H2/t13-/m0/s1. The summed E-state index contributed by atoms with van der Waals surface area (Å²) in [4.78, 5) is 36.4. The van der Waals surface area contributed by atoms with Gasteiger partial charge in [0.2, 0.25) is 12.3 Å². The monoisotopic (exact) mass is 347 g/mol. The average Bonchev–Trinajstić information content (AvgIpc) is 2.66. The van der Waals surface area contributed by atoms with Gasteiger partial charge in [0.1, 0.15) is 5.76 Å². The molecule has 1 aliphatic heterocycles. The van der Waals surface area contributed by atoms with Gasteiger partial charge in [-0.25, -0.2) is 0 Å². The Hall–Kier alpha value is -3.54. The largest absolute Gasteiger partial charge is 0.452 e. The molecule has 0 unspecified atom stereocenters. The lowest BCUT2D eigenvalue weighted by Gasteiger charge is -2.28. The molecule has 0 N–H and O–H groups in total. The first-order valence-electron chi connectivity index (χ1n) is 8.05. The van der Waals surface area contributed by atoms with Crippen molar-refractivity contribution in [2.24, 2.45) is 5.92 Å². The zero-order valence-electron chi connectivity index (χ0n) is 13.5. The zero-order valence-corrected chi connectivity index (χ0v) is 13.5. The van der Waals surface area contributed by atoms with Crippen LogP contribution in [0.15, 0.2) is 72.0 Å². The van der Waals surface area contributed by atoms with E-state index in [2.05, 4.69) is 0 Å². The lowest BCUT2D eigenvalue weighted by Crippen LogP contribution is -2.32. The van der Waals surface area contributed by atoms with Crippen LogP contribution in [0.5, 0.6) is 0 Å². The van der Waals surface area contributed by atoms with Gasteiger partial charge in [-0.05, 0) is 6.08 Å². The summed E-state index contributed by atoms with van der Waals surface area (Å²) in [6.07, 6.45) is 1.55. The number of benzene rings is 2. The third kappa shape index (κ3) is 2.52. The minimum Gasteiger partial charge on any atom is -0.452 e. The van der Waals surface area contributed by atoms with Crippen molar-refractivity contribution in [3.05, 3.63) is 98.8 Å². The van der Waals surface area contributed by atoms with Crippen LogP contribution in [0.25, 0.3) is 5.76 Å². The summed E-state index contributed by atoms with van der Waals surface area (Å²) >= 11 is 0. The summed E-state index contributed by atoms with van der Waals surface area (Å²) in [6.45, 7) is -0.486. The van der Waals surface area contributed by atoms with Gasteiger partial charge in [-0.2, -0.15) is 0 Å². The van der Waals surface area contributed by atoms with Crippen LogP contribution in [-0.2, 0) is 4.74 Å². The molecule has 0 fully saturated rings. The molecule has 1 atom stereocenters. The number of carbonyl (C=O) groups excluding carboxylic acids is 2. The average molecular weight is 347 g/mol. The van der Waals surface area contributed by atoms with Gasteiger partial charge in [0.25, 0.3) is 0 Å². The second kappa shape index (κ2) is 6.07. The van der Waals surface area contributed by atoms with Gasteiger partial charge in [-0.3, -0.25) is 19.7 Å². The summed E-state index contributed by atoms with van der Waals surface area (Å²) in [5, 5.41) is 11.1. The second-order valence-electron chi connectivity index (χ2n) is 6.07. The molecule has 4 rings (SSSR count). The van der Waals surface area contributed by atoms with Crippen LogP contribution in [0.1, 0.15) is 26.3 Å². The van der Waals surface area contributed by atoms with Gasteiger partial charge in [0.15, 0.2) is 11.5 Å². The molecule has 6 nitrogen and oxygen atoms in total. The third-order valence-electron chi connectivity index (χ3n) is 4.45. The molecule has 0 amide bonds. The number of ether oxygens (including phenoxy) is 1. The number of allylic oxidation sites excluding steroid dienone is 1. The van der Waals surface area contributed by atoms with E-state index in [0.717, 1.165) is 0 Å². The summed E-state index contributed by atoms with van der Waals surface area (Å²) in [5.41, 5.74) is 1.26. The highest BCUT2D eigenvalue weighted by atomic mass is 16.6. The fourth-order valence-corrected chi connectivity index (χ4v) is 3.28. The van der Waals surface area contributed by atoms with E-state index >= 15 is 0 Å². The van der Waals surface area contributed by atoms with Crippen molar-refractivity contribution in [2.45, 2.75) is 0 Å². The van der Waals surface area contributed by atoms with Crippen molar-refractivity contribution in [1.29, 1.82) is 0 Å². The van der Waals surface area contributed by atoms with Crippen LogP contribution >= 0.6 is 0 Å². The number of fused-ring (bicyclic) bond motifs is 1. The lowest BCUT2D eigenvalue weighted by atomic mass is 9.80. The summed E-state index contributed by atoms with van der Waals surface area (Å²) < 4.78 is 5.78. The molecule has 1 aliphatic carbocycles. The summed E-state index contributed by atoms with van der Waals surface area (Å²) in [7, 11) is 0. The molecule has 2 aromatic rings.